The van der Waals surface area contributed by atoms with Crippen LogP contribution in [0.5, 0.6) is 0 Å². The second kappa shape index (κ2) is 5.66. The molecule has 2 unspecified atom stereocenters. The van der Waals surface area contributed by atoms with Gasteiger partial charge in [-0.1, -0.05) is 19.1 Å². The lowest BCUT2D eigenvalue weighted by Gasteiger charge is -2.30. The van der Waals surface area contributed by atoms with Gasteiger partial charge in [-0.25, -0.2) is 0 Å². The number of amides is 2. The van der Waals surface area contributed by atoms with Crippen molar-refractivity contribution in [3.8, 4) is 0 Å². The number of fused-ring (bicyclic) bond motifs is 2. The van der Waals surface area contributed by atoms with Crippen molar-refractivity contribution >= 4 is 23.3 Å². The summed E-state index contributed by atoms with van der Waals surface area (Å²) in [5, 5.41) is 5.88. The molecule has 2 heterocycles. The third-order valence-corrected chi connectivity index (χ3v) is 5.97. The number of carbonyl (C=O) groups excluding carboxylic acids is 3. The number of likely N-dealkylation sites (N-methyl/N-ethyl adjacent to an activating group) is 1. The topological polar surface area (TPSA) is 78.5 Å². The highest BCUT2D eigenvalue weighted by molar-refractivity contribution is 6.19. The zero-order valence-electron chi connectivity index (χ0n) is 14.5. The quantitative estimate of drug-likeness (QED) is 0.849. The number of anilines is 1. The summed E-state index contributed by atoms with van der Waals surface area (Å²) >= 11 is 0. The Morgan fingerprint density at radius 1 is 1.32 bits per heavy atom. The molecule has 4 rings (SSSR count). The monoisotopic (exact) mass is 341 g/mol. The van der Waals surface area contributed by atoms with Crippen molar-refractivity contribution in [2.75, 3.05) is 25.5 Å². The van der Waals surface area contributed by atoms with E-state index in [1.54, 1.807) is 31.2 Å². The van der Waals surface area contributed by atoms with Crippen molar-refractivity contribution in [1.82, 2.24) is 10.2 Å². The van der Waals surface area contributed by atoms with Crippen LogP contribution in [0.3, 0.4) is 0 Å². The first-order valence-corrected chi connectivity index (χ1v) is 8.86. The minimum Gasteiger partial charge on any atom is -0.352 e. The minimum absolute atomic E-state index is 0.0881. The smallest absolute Gasteiger partial charge is 0.229 e. The van der Waals surface area contributed by atoms with E-state index < -0.39 is 17.3 Å². The highest BCUT2D eigenvalue weighted by atomic mass is 16.2. The molecule has 0 bridgehead atoms. The number of nitrogens with zero attached hydrogens (tertiary/aromatic N) is 1. The Morgan fingerprint density at radius 3 is 2.84 bits per heavy atom. The Bertz CT molecular complexity index is 762. The number of hydrogen-bond donors (Lipinski definition) is 2. The van der Waals surface area contributed by atoms with Crippen molar-refractivity contribution < 1.29 is 14.4 Å². The van der Waals surface area contributed by atoms with Crippen molar-refractivity contribution in [2.24, 2.45) is 17.3 Å². The summed E-state index contributed by atoms with van der Waals surface area (Å²) in [6.07, 6.45) is 1.98. The van der Waals surface area contributed by atoms with Crippen LogP contribution < -0.4 is 10.6 Å². The lowest BCUT2D eigenvalue weighted by Crippen LogP contribution is -2.47. The van der Waals surface area contributed by atoms with E-state index in [2.05, 4.69) is 15.5 Å². The van der Waals surface area contributed by atoms with Crippen LogP contribution in [0.4, 0.5) is 5.69 Å². The second-order valence-corrected chi connectivity index (χ2v) is 7.71. The zero-order chi connectivity index (χ0) is 17.8. The van der Waals surface area contributed by atoms with Gasteiger partial charge in [0.1, 0.15) is 0 Å². The SMILES string of the molecule is CN1CCCC(NC(=O)[C@@H]2C3C(=O)Nc4ccccc4C(=O)[C@@]32C)C1. The fourth-order valence-electron chi connectivity index (χ4n) is 4.51. The van der Waals surface area contributed by atoms with Crippen LogP contribution in [-0.2, 0) is 9.59 Å². The number of nitrogens with one attached hydrogen (secondary N) is 2. The van der Waals surface area contributed by atoms with Crippen LogP contribution in [-0.4, -0.2) is 48.7 Å². The van der Waals surface area contributed by atoms with E-state index in [-0.39, 0.29) is 23.6 Å². The Balaban J connectivity index is 1.56. The van der Waals surface area contributed by atoms with Gasteiger partial charge in [0.05, 0.1) is 22.9 Å². The molecule has 2 aliphatic heterocycles. The zero-order valence-corrected chi connectivity index (χ0v) is 14.5. The van der Waals surface area contributed by atoms with Gasteiger partial charge in [0.25, 0.3) is 0 Å². The second-order valence-electron chi connectivity index (χ2n) is 7.71. The molecule has 2 N–H and O–H groups in total. The van der Waals surface area contributed by atoms with Gasteiger partial charge in [0.15, 0.2) is 5.78 Å². The van der Waals surface area contributed by atoms with Crippen LogP contribution in [0.15, 0.2) is 24.3 Å². The van der Waals surface area contributed by atoms with Gasteiger partial charge in [-0.15, -0.1) is 0 Å². The number of rotatable bonds is 2. The van der Waals surface area contributed by atoms with Gasteiger partial charge in [0.2, 0.25) is 11.8 Å². The van der Waals surface area contributed by atoms with E-state index in [1.807, 2.05) is 7.05 Å². The summed E-state index contributed by atoms with van der Waals surface area (Å²) in [6, 6.07) is 7.10. The molecule has 1 saturated heterocycles. The number of Topliss-reactive ketones (excluding diaryl/α,β-unsaturated/α-hetero) is 1. The summed E-state index contributed by atoms with van der Waals surface area (Å²) in [5.41, 5.74) is 0.0916. The normalized spacial score (nSPS) is 34.4. The lowest BCUT2D eigenvalue weighted by molar-refractivity contribution is -0.126. The summed E-state index contributed by atoms with van der Waals surface area (Å²) in [5.74, 6) is -1.70. The van der Waals surface area contributed by atoms with Crippen molar-refractivity contribution in [2.45, 2.75) is 25.8 Å². The van der Waals surface area contributed by atoms with Gasteiger partial charge >= 0.3 is 0 Å². The number of hydrogen-bond acceptors (Lipinski definition) is 4. The number of piperidine rings is 1. The van der Waals surface area contributed by atoms with E-state index in [0.29, 0.717) is 11.3 Å². The van der Waals surface area contributed by atoms with Gasteiger partial charge in [-0.3, -0.25) is 14.4 Å². The molecule has 0 spiro atoms. The number of likely N-dealkylation sites (tertiary alicyclic amines) is 1. The Hall–Kier alpha value is -2.21. The summed E-state index contributed by atoms with van der Waals surface area (Å²) < 4.78 is 0. The van der Waals surface area contributed by atoms with Crippen LogP contribution >= 0.6 is 0 Å². The van der Waals surface area contributed by atoms with E-state index in [1.165, 1.54) is 0 Å². The predicted molar refractivity (Wildman–Crippen MR) is 93.2 cm³/mol. The maximum absolute atomic E-state index is 13.0. The molecule has 4 atom stereocenters. The van der Waals surface area contributed by atoms with Crippen molar-refractivity contribution in [1.29, 1.82) is 0 Å². The highest BCUT2D eigenvalue weighted by Gasteiger charge is 2.73. The molecule has 1 saturated carbocycles. The summed E-state index contributed by atoms with van der Waals surface area (Å²) in [4.78, 5) is 40.6. The molecular weight excluding hydrogens is 318 g/mol. The van der Waals surface area contributed by atoms with E-state index >= 15 is 0 Å². The molecule has 25 heavy (non-hydrogen) atoms. The molecule has 0 radical (unpaired) electrons. The molecule has 3 aliphatic rings. The third-order valence-electron chi connectivity index (χ3n) is 5.97. The molecule has 6 heteroatoms. The fourth-order valence-corrected chi connectivity index (χ4v) is 4.51. The molecule has 132 valence electrons. The van der Waals surface area contributed by atoms with E-state index in [0.717, 1.165) is 25.9 Å². The first-order valence-electron chi connectivity index (χ1n) is 8.86. The maximum atomic E-state index is 13.0. The number of para-hydroxylation sites is 1. The fraction of sp³-hybridized carbons (Fsp3) is 0.526. The number of benzene rings is 1. The Kier molecular flexibility index (Phi) is 3.68. The highest BCUT2D eigenvalue weighted by Crippen LogP contribution is 2.62. The molecule has 1 aliphatic carbocycles. The van der Waals surface area contributed by atoms with E-state index in [4.69, 9.17) is 0 Å². The van der Waals surface area contributed by atoms with Crippen molar-refractivity contribution in [3.63, 3.8) is 0 Å². The predicted octanol–water partition coefficient (Wildman–Crippen LogP) is 1.28. The van der Waals surface area contributed by atoms with Crippen LogP contribution in [0.2, 0.25) is 0 Å². The molecule has 0 aromatic heterocycles. The number of ketones is 1. The Labute approximate surface area is 147 Å². The van der Waals surface area contributed by atoms with Gasteiger partial charge in [-0.05, 0) is 38.6 Å². The largest absolute Gasteiger partial charge is 0.352 e. The maximum Gasteiger partial charge on any atom is 0.229 e. The number of carbonyl (C=O) groups is 3. The van der Waals surface area contributed by atoms with Crippen LogP contribution in [0.1, 0.15) is 30.1 Å². The molecule has 1 aromatic rings. The van der Waals surface area contributed by atoms with Gasteiger partial charge in [-0.2, -0.15) is 0 Å². The summed E-state index contributed by atoms with van der Waals surface area (Å²) in [6.45, 7) is 3.59. The summed E-state index contributed by atoms with van der Waals surface area (Å²) in [7, 11) is 2.04. The van der Waals surface area contributed by atoms with Crippen LogP contribution in [0.25, 0.3) is 0 Å². The Morgan fingerprint density at radius 2 is 2.08 bits per heavy atom. The molecule has 2 fully saturated rings. The first-order chi connectivity index (χ1) is 11.9. The third kappa shape index (κ3) is 2.47. The van der Waals surface area contributed by atoms with Crippen molar-refractivity contribution in [3.05, 3.63) is 29.8 Å². The standard InChI is InChI=1S/C19H23N3O3/c1-19-14(17(24)20-11-6-5-9-22(2)10-11)15(19)18(25)21-13-8-4-3-7-12(13)16(19)23/h3-4,7-8,11,14-15H,5-6,9-10H2,1-2H3,(H,20,24)(H,21,25)/t11?,14-,15?,19+/m0/s1. The average molecular weight is 341 g/mol. The minimum atomic E-state index is -0.943. The van der Waals surface area contributed by atoms with Gasteiger partial charge < -0.3 is 15.5 Å². The molecule has 6 nitrogen and oxygen atoms in total. The molecule has 1 aromatic carbocycles. The molecular formula is C19H23N3O3. The average Bonchev–Trinajstić information content (AvgIpc) is 3.23. The van der Waals surface area contributed by atoms with Gasteiger partial charge in [0, 0.05) is 18.2 Å². The van der Waals surface area contributed by atoms with Crippen LogP contribution in [0, 0.1) is 17.3 Å². The van der Waals surface area contributed by atoms with E-state index in [9.17, 15) is 14.4 Å². The lowest BCUT2D eigenvalue weighted by atomic mass is 9.92. The first kappa shape index (κ1) is 16.3. The molecule has 2 amide bonds.